The van der Waals surface area contributed by atoms with E-state index in [0.29, 0.717) is 6.54 Å². The zero-order valence-corrected chi connectivity index (χ0v) is 9.47. The van der Waals surface area contributed by atoms with Crippen molar-refractivity contribution < 1.29 is 4.39 Å². The molecular formula is C12H13FN4. The Kier molecular flexibility index (Phi) is 3.18. The van der Waals surface area contributed by atoms with E-state index in [2.05, 4.69) is 9.97 Å². The van der Waals surface area contributed by atoms with E-state index in [1.54, 1.807) is 11.9 Å². The van der Waals surface area contributed by atoms with Crippen molar-refractivity contribution in [1.82, 2.24) is 9.97 Å². The number of hydrogen-bond donors (Lipinski definition) is 1. The zero-order valence-electron chi connectivity index (χ0n) is 9.47. The van der Waals surface area contributed by atoms with Gasteiger partial charge in [0.25, 0.3) is 0 Å². The highest BCUT2D eigenvalue weighted by Crippen LogP contribution is 2.16. The lowest BCUT2D eigenvalue weighted by Gasteiger charge is -2.18. The Morgan fingerprint density at radius 3 is 2.71 bits per heavy atom. The number of hydrogen-bond acceptors (Lipinski definition) is 4. The molecule has 17 heavy (non-hydrogen) atoms. The summed E-state index contributed by atoms with van der Waals surface area (Å²) in [5.41, 5.74) is 6.52. The van der Waals surface area contributed by atoms with Crippen LogP contribution in [-0.2, 0) is 6.54 Å². The molecule has 0 saturated carbocycles. The fraction of sp³-hybridized carbons (Fsp3) is 0.167. The number of nitrogen functional groups attached to an aromatic ring is 1. The fourth-order valence-corrected chi connectivity index (χ4v) is 1.57. The number of halogens is 1. The Morgan fingerprint density at radius 1 is 1.29 bits per heavy atom. The maximum absolute atomic E-state index is 13.5. The third-order valence-corrected chi connectivity index (χ3v) is 2.37. The molecule has 1 aromatic heterocycles. The van der Waals surface area contributed by atoms with Crippen LogP contribution < -0.4 is 10.6 Å². The predicted octanol–water partition coefficient (Wildman–Crippen LogP) is 1.83. The molecule has 1 heterocycles. The van der Waals surface area contributed by atoms with Crippen LogP contribution >= 0.6 is 0 Å². The van der Waals surface area contributed by atoms with Crippen LogP contribution in [-0.4, -0.2) is 17.0 Å². The van der Waals surface area contributed by atoms with E-state index in [1.165, 1.54) is 0 Å². The maximum atomic E-state index is 13.5. The normalized spacial score (nSPS) is 10.2. The van der Waals surface area contributed by atoms with Gasteiger partial charge in [-0.25, -0.2) is 9.37 Å². The van der Waals surface area contributed by atoms with Crippen LogP contribution in [0.1, 0.15) is 5.56 Å². The van der Waals surface area contributed by atoms with Gasteiger partial charge in [-0.05, 0) is 5.56 Å². The summed E-state index contributed by atoms with van der Waals surface area (Å²) in [5, 5.41) is 0. The fourth-order valence-electron chi connectivity index (χ4n) is 1.57. The molecule has 0 aliphatic rings. The van der Waals surface area contributed by atoms with Gasteiger partial charge < -0.3 is 10.6 Å². The Labute approximate surface area is 98.9 Å². The van der Waals surface area contributed by atoms with Crippen LogP contribution in [0.3, 0.4) is 0 Å². The Hall–Kier alpha value is -2.17. The average molecular weight is 232 g/mol. The van der Waals surface area contributed by atoms with E-state index in [1.807, 2.05) is 30.3 Å². The quantitative estimate of drug-likeness (QED) is 0.877. The van der Waals surface area contributed by atoms with Gasteiger partial charge in [0.1, 0.15) is 0 Å². The molecule has 2 rings (SSSR count). The first kappa shape index (κ1) is 11.3. The third kappa shape index (κ3) is 2.69. The van der Waals surface area contributed by atoms with Crippen molar-refractivity contribution in [1.29, 1.82) is 0 Å². The minimum absolute atomic E-state index is 0.0707. The minimum Gasteiger partial charge on any atom is -0.368 e. The van der Waals surface area contributed by atoms with Crippen LogP contribution in [0, 0.1) is 5.82 Å². The Balaban J connectivity index is 2.20. The highest BCUT2D eigenvalue weighted by Gasteiger charge is 2.10. The summed E-state index contributed by atoms with van der Waals surface area (Å²) in [4.78, 5) is 9.18. The average Bonchev–Trinajstić information content (AvgIpc) is 2.33. The molecule has 0 bridgehead atoms. The summed E-state index contributed by atoms with van der Waals surface area (Å²) in [6.07, 6.45) is 1.08. The second-order valence-corrected chi connectivity index (χ2v) is 3.74. The van der Waals surface area contributed by atoms with Gasteiger partial charge in [-0.1, -0.05) is 30.3 Å². The summed E-state index contributed by atoms with van der Waals surface area (Å²) >= 11 is 0. The molecule has 2 N–H and O–H groups in total. The molecule has 0 atom stereocenters. The lowest BCUT2D eigenvalue weighted by atomic mass is 10.2. The van der Waals surface area contributed by atoms with Gasteiger partial charge >= 0.3 is 0 Å². The first-order chi connectivity index (χ1) is 8.16. The summed E-state index contributed by atoms with van der Waals surface area (Å²) < 4.78 is 13.5. The van der Waals surface area contributed by atoms with Gasteiger partial charge in [0.05, 0.1) is 6.20 Å². The van der Waals surface area contributed by atoms with Gasteiger partial charge in [-0.2, -0.15) is 4.98 Å². The standard InChI is InChI=1S/C12H13FN4/c1-17(8-9-5-3-2-4-6-9)11-10(13)7-15-12(14)16-11/h2-7H,8H2,1H3,(H2,14,15,16). The van der Waals surface area contributed by atoms with E-state index in [9.17, 15) is 4.39 Å². The topological polar surface area (TPSA) is 55.0 Å². The number of aromatic nitrogens is 2. The van der Waals surface area contributed by atoms with Crippen molar-refractivity contribution in [2.24, 2.45) is 0 Å². The Bertz CT molecular complexity index is 501. The molecule has 88 valence electrons. The van der Waals surface area contributed by atoms with Gasteiger partial charge in [-0.15, -0.1) is 0 Å². The van der Waals surface area contributed by atoms with Crippen molar-refractivity contribution >= 4 is 11.8 Å². The summed E-state index contributed by atoms with van der Waals surface area (Å²) in [6, 6.07) is 9.76. The predicted molar refractivity (Wildman–Crippen MR) is 65.0 cm³/mol. The smallest absolute Gasteiger partial charge is 0.222 e. The Morgan fingerprint density at radius 2 is 2.00 bits per heavy atom. The van der Waals surface area contributed by atoms with Gasteiger partial charge in [0.15, 0.2) is 11.6 Å². The van der Waals surface area contributed by atoms with E-state index in [4.69, 9.17) is 5.73 Å². The van der Waals surface area contributed by atoms with Crippen molar-refractivity contribution in [3.05, 3.63) is 47.9 Å². The highest BCUT2D eigenvalue weighted by molar-refractivity contribution is 5.42. The second-order valence-electron chi connectivity index (χ2n) is 3.74. The van der Waals surface area contributed by atoms with Crippen LogP contribution in [0.25, 0.3) is 0 Å². The van der Waals surface area contributed by atoms with E-state index in [0.717, 1.165) is 11.8 Å². The molecule has 0 aliphatic heterocycles. The summed E-state index contributed by atoms with van der Waals surface area (Å²) in [6.45, 7) is 0.564. The molecule has 0 aliphatic carbocycles. The summed E-state index contributed by atoms with van der Waals surface area (Å²) in [5.74, 6) is -0.194. The molecular weight excluding hydrogens is 219 g/mol. The molecule has 0 amide bonds. The molecule has 0 fully saturated rings. The number of nitrogens with zero attached hydrogens (tertiary/aromatic N) is 3. The van der Waals surface area contributed by atoms with E-state index < -0.39 is 5.82 Å². The monoisotopic (exact) mass is 232 g/mol. The number of nitrogens with two attached hydrogens (primary N) is 1. The molecule has 0 spiro atoms. The van der Waals surface area contributed by atoms with Crippen molar-refractivity contribution in [2.75, 3.05) is 17.7 Å². The third-order valence-electron chi connectivity index (χ3n) is 2.37. The maximum Gasteiger partial charge on any atom is 0.222 e. The van der Waals surface area contributed by atoms with Crippen molar-refractivity contribution in [2.45, 2.75) is 6.54 Å². The first-order valence-electron chi connectivity index (χ1n) is 5.20. The molecule has 1 aromatic carbocycles. The zero-order chi connectivity index (χ0) is 12.3. The lowest BCUT2D eigenvalue weighted by Crippen LogP contribution is -2.20. The van der Waals surface area contributed by atoms with Crippen molar-refractivity contribution in [3.8, 4) is 0 Å². The SMILES string of the molecule is CN(Cc1ccccc1)c1nc(N)ncc1F. The largest absolute Gasteiger partial charge is 0.368 e. The molecule has 5 heteroatoms. The molecule has 0 saturated heterocycles. The number of benzene rings is 1. The first-order valence-corrected chi connectivity index (χ1v) is 5.20. The number of rotatable bonds is 3. The number of anilines is 2. The molecule has 2 aromatic rings. The molecule has 0 unspecified atom stereocenters. The summed E-state index contributed by atoms with van der Waals surface area (Å²) in [7, 11) is 1.76. The van der Waals surface area contributed by atoms with Gasteiger partial charge in [-0.3, -0.25) is 0 Å². The van der Waals surface area contributed by atoms with Crippen molar-refractivity contribution in [3.63, 3.8) is 0 Å². The van der Waals surface area contributed by atoms with Gasteiger partial charge in [0, 0.05) is 13.6 Å². The van der Waals surface area contributed by atoms with Crippen LogP contribution in [0.4, 0.5) is 16.2 Å². The van der Waals surface area contributed by atoms with Crippen LogP contribution in [0.2, 0.25) is 0 Å². The molecule has 0 radical (unpaired) electrons. The lowest BCUT2D eigenvalue weighted by molar-refractivity contribution is 0.608. The second kappa shape index (κ2) is 4.78. The van der Waals surface area contributed by atoms with E-state index in [-0.39, 0.29) is 11.8 Å². The highest BCUT2D eigenvalue weighted by atomic mass is 19.1. The molecule has 4 nitrogen and oxygen atoms in total. The minimum atomic E-state index is -0.474. The van der Waals surface area contributed by atoms with E-state index >= 15 is 0 Å². The van der Waals surface area contributed by atoms with Gasteiger partial charge in [0.2, 0.25) is 5.95 Å². The van der Waals surface area contributed by atoms with Crippen LogP contribution in [0.5, 0.6) is 0 Å². The van der Waals surface area contributed by atoms with Crippen LogP contribution in [0.15, 0.2) is 36.5 Å².